The second-order valence-electron chi connectivity index (χ2n) is 7.50. The second-order valence-corrected chi connectivity index (χ2v) is 7.50. The summed E-state index contributed by atoms with van der Waals surface area (Å²) in [6.45, 7) is 1.83. The molecule has 0 saturated heterocycles. The Morgan fingerprint density at radius 1 is 1.14 bits per heavy atom. The summed E-state index contributed by atoms with van der Waals surface area (Å²) in [5.74, 6) is -1.19. The lowest BCUT2D eigenvalue weighted by atomic mass is 9.55. The zero-order chi connectivity index (χ0) is 14.8. The summed E-state index contributed by atoms with van der Waals surface area (Å²) >= 11 is 0. The zero-order valence-electron chi connectivity index (χ0n) is 12.4. The molecular weight excluding hydrogens is 270 g/mol. The van der Waals surface area contributed by atoms with Gasteiger partial charge in [0, 0.05) is 11.8 Å². The van der Waals surface area contributed by atoms with E-state index in [1.807, 2.05) is 19.1 Å². The molecule has 114 valence electrons. The van der Waals surface area contributed by atoms with Gasteiger partial charge in [0.2, 0.25) is 0 Å². The summed E-state index contributed by atoms with van der Waals surface area (Å²) in [4.78, 5) is 0. The average Bonchev–Trinajstić information content (AvgIpc) is 2.69. The van der Waals surface area contributed by atoms with Gasteiger partial charge in [-0.1, -0.05) is 13.0 Å². The van der Waals surface area contributed by atoms with Gasteiger partial charge in [-0.25, -0.2) is 8.78 Å². The van der Waals surface area contributed by atoms with Gasteiger partial charge >= 0.3 is 0 Å². The normalized spacial score (nSPS) is 40.2. The van der Waals surface area contributed by atoms with Crippen molar-refractivity contribution < 1.29 is 13.9 Å². The third kappa shape index (κ3) is 1.72. The molecule has 21 heavy (non-hydrogen) atoms. The van der Waals surface area contributed by atoms with Crippen LogP contribution in [0.4, 0.5) is 8.78 Å². The molecule has 4 atom stereocenters. The second kappa shape index (κ2) is 4.21. The largest absolute Gasteiger partial charge is 0.508 e. The molecule has 3 heteroatoms. The first-order chi connectivity index (χ1) is 9.92. The van der Waals surface area contributed by atoms with E-state index >= 15 is 0 Å². The van der Waals surface area contributed by atoms with Gasteiger partial charge in [-0.15, -0.1) is 0 Å². The van der Waals surface area contributed by atoms with Crippen LogP contribution in [0.1, 0.15) is 56.1 Å². The molecule has 3 aliphatic carbocycles. The number of hydrogen-bond acceptors (Lipinski definition) is 1. The fraction of sp³-hybridized carbons (Fsp3) is 0.667. The summed E-state index contributed by atoms with van der Waals surface area (Å²) in [6.07, 6.45) is 4.16. The minimum Gasteiger partial charge on any atom is -0.508 e. The maximum absolute atomic E-state index is 14.3. The fourth-order valence-electron chi connectivity index (χ4n) is 5.50. The van der Waals surface area contributed by atoms with Crippen molar-refractivity contribution in [3.8, 4) is 5.75 Å². The SMILES string of the molecule is C[C@]12CC[C@@H]3c4ccc(O)cc4CC[C@H]3[C@@H]1CCC2(F)F. The van der Waals surface area contributed by atoms with E-state index in [2.05, 4.69) is 0 Å². The molecule has 0 aliphatic heterocycles. The molecule has 1 N–H and O–H groups in total. The van der Waals surface area contributed by atoms with E-state index in [1.165, 1.54) is 11.1 Å². The Labute approximate surface area is 124 Å². The fourth-order valence-corrected chi connectivity index (χ4v) is 5.50. The van der Waals surface area contributed by atoms with Crippen molar-refractivity contribution in [2.45, 2.75) is 57.3 Å². The predicted molar refractivity (Wildman–Crippen MR) is 77.7 cm³/mol. The summed E-state index contributed by atoms with van der Waals surface area (Å²) in [7, 11) is 0. The zero-order valence-corrected chi connectivity index (χ0v) is 12.4. The van der Waals surface area contributed by atoms with Crippen LogP contribution >= 0.6 is 0 Å². The van der Waals surface area contributed by atoms with Gasteiger partial charge in [-0.2, -0.15) is 0 Å². The van der Waals surface area contributed by atoms with Crippen molar-refractivity contribution in [2.75, 3.05) is 0 Å². The average molecular weight is 292 g/mol. The number of aryl methyl sites for hydroxylation is 1. The quantitative estimate of drug-likeness (QED) is 0.722. The molecular formula is C18H22F2O. The van der Waals surface area contributed by atoms with Crippen molar-refractivity contribution in [1.82, 2.24) is 0 Å². The lowest BCUT2D eigenvalue weighted by Crippen LogP contribution is -2.46. The molecule has 2 saturated carbocycles. The molecule has 3 aliphatic rings. The Balaban J connectivity index is 1.72. The highest BCUT2D eigenvalue weighted by atomic mass is 19.3. The van der Waals surface area contributed by atoms with Crippen LogP contribution in [-0.2, 0) is 6.42 Å². The van der Waals surface area contributed by atoms with Crippen LogP contribution in [0.3, 0.4) is 0 Å². The van der Waals surface area contributed by atoms with E-state index in [0.717, 1.165) is 19.3 Å². The summed E-state index contributed by atoms with van der Waals surface area (Å²) in [5, 5.41) is 9.64. The topological polar surface area (TPSA) is 20.2 Å². The summed E-state index contributed by atoms with van der Waals surface area (Å²) in [6, 6.07) is 5.64. The van der Waals surface area contributed by atoms with Crippen molar-refractivity contribution in [3.05, 3.63) is 29.3 Å². The molecule has 0 spiro atoms. The summed E-state index contributed by atoms with van der Waals surface area (Å²) < 4.78 is 28.7. The molecule has 1 aromatic carbocycles. The minimum atomic E-state index is -2.49. The molecule has 0 radical (unpaired) electrons. The Morgan fingerprint density at radius 3 is 2.76 bits per heavy atom. The monoisotopic (exact) mass is 292 g/mol. The standard InChI is InChI=1S/C18H22F2O/c1-17-8-6-14-13-5-3-12(21)10-11(13)2-4-15(14)16(17)7-9-18(17,19)20/h3,5,10,14-16,21H,2,4,6-9H2,1H3/t14-,15-,16+,17+/m1/s1. The Kier molecular flexibility index (Phi) is 2.71. The molecule has 2 fully saturated rings. The number of alkyl halides is 2. The predicted octanol–water partition coefficient (Wildman–Crippen LogP) is 4.88. The third-order valence-electron chi connectivity index (χ3n) is 6.70. The van der Waals surface area contributed by atoms with Gasteiger partial charge in [0.25, 0.3) is 5.92 Å². The van der Waals surface area contributed by atoms with E-state index in [1.54, 1.807) is 6.07 Å². The van der Waals surface area contributed by atoms with Gasteiger partial charge in [0.1, 0.15) is 5.75 Å². The van der Waals surface area contributed by atoms with Crippen LogP contribution in [0, 0.1) is 17.3 Å². The first-order valence-electron chi connectivity index (χ1n) is 8.12. The van der Waals surface area contributed by atoms with E-state index < -0.39 is 11.3 Å². The van der Waals surface area contributed by atoms with Crippen molar-refractivity contribution >= 4 is 0 Å². The van der Waals surface area contributed by atoms with Gasteiger partial charge in [0.05, 0.1) is 0 Å². The molecule has 0 heterocycles. The smallest absolute Gasteiger partial charge is 0.253 e. The number of benzene rings is 1. The third-order valence-corrected chi connectivity index (χ3v) is 6.70. The number of phenolic OH excluding ortho intramolecular Hbond substituents is 1. The number of hydrogen-bond donors (Lipinski definition) is 1. The number of aromatic hydroxyl groups is 1. The first-order valence-corrected chi connectivity index (χ1v) is 8.12. The van der Waals surface area contributed by atoms with E-state index in [-0.39, 0.29) is 12.3 Å². The molecule has 1 nitrogen and oxygen atoms in total. The molecule has 1 aromatic rings. The van der Waals surface area contributed by atoms with Crippen LogP contribution in [0.25, 0.3) is 0 Å². The molecule has 0 unspecified atom stereocenters. The van der Waals surface area contributed by atoms with Crippen molar-refractivity contribution in [3.63, 3.8) is 0 Å². The van der Waals surface area contributed by atoms with E-state index in [0.29, 0.717) is 30.4 Å². The Morgan fingerprint density at radius 2 is 1.95 bits per heavy atom. The number of fused-ring (bicyclic) bond motifs is 5. The van der Waals surface area contributed by atoms with Crippen molar-refractivity contribution in [1.29, 1.82) is 0 Å². The first kappa shape index (κ1) is 13.5. The number of phenols is 1. The number of rotatable bonds is 0. The van der Waals surface area contributed by atoms with Crippen molar-refractivity contribution in [2.24, 2.45) is 17.3 Å². The van der Waals surface area contributed by atoms with E-state index in [9.17, 15) is 13.9 Å². The highest BCUT2D eigenvalue weighted by Gasteiger charge is 2.63. The van der Waals surface area contributed by atoms with Crippen LogP contribution < -0.4 is 0 Å². The van der Waals surface area contributed by atoms with Crippen LogP contribution in [0.2, 0.25) is 0 Å². The van der Waals surface area contributed by atoms with Crippen LogP contribution in [0.5, 0.6) is 5.75 Å². The molecule has 0 bridgehead atoms. The van der Waals surface area contributed by atoms with E-state index in [4.69, 9.17) is 0 Å². The Bertz CT molecular complexity index is 583. The highest BCUT2D eigenvalue weighted by molar-refractivity contribution is 5.40. The van der Waals surface area contributed by atoms with Gasteiger partial charge < -0.3 is 5.11 Å². The maximum atomic E-state index is 14.3. The molecule has 0 aromatic heterocycles. The Hall–Kier alpha value is -1.12. The summed E-state index contributed by atoms with van der Waals surface area (Å²) in [5.41, 5.74) is 1.74. The highest BCUT2D eigenvalue weighted by Crippen LogP contribution is 2.65. The minimum absolute atomic E-state index is 0.0693. The van der Waals surface area contributed by atoms with Gasteiger partial charge in [-0.05, 0) is 73.1 Å². The van der Waals surface area contributed by atoms with Gasteiger partial charge in [-0.3, -0.25) is 0 Å². The number of halogens is 2. The maximum Gasteiger partial charge on any atom is 0.253 e. The van der Waals surface area contributed by atoms with Crippen LogP contribution in [-0.4, -0.2) is 11.0 Å². The molecule has 0 amide bonds. The lowest BCUT2D eigenvalue weighted by Gasteiger charge is -2.50. The van der Waals surface area contributed by atoms with Crippen LogP contribution in [0.15, 0.2) is 18.2 Å². The lowest BCUT2D eigenvalue weighted by molar-refractivity contribution is -0.132. The molecule has 4 rings (SSSR count). The van der Waals surface area contributed by atoms with Gasteiger partial charge in [0.15, 0.2) is 0 Å².